The number of unbranched alkanes of at least 4 members (excludes halogenated alkanes) is 10. The van der Waals surface area contributed by atoms with Gasteiger partial charge in [0.05, 0.1) is 6.61 Å². The smallest absolute Gasteiger partial charge is 0.306 e. The Morgan fingerprint density at radius 1 is 0.559 bits per heavy atom. The van der Waals surface area contributed by atoms with E-state index in [1.807, 2.05) is 35.3 Å². The summed E-state index contributed by atoms with van der Waals surface area (Å²) in [5, 5.41) is 9.25. The van der Waals surface area contributed by atoms with Crippen LogP contribution in [0.25, 0.3) is 0 Å². The maximum absolute atomic E-state index is 12.8. The van der Waals surface area contributed by atoms with Crippen LogP contribution in [-0.2, 0) is 19.1 Å². The number of rotatable bonds is 40. The third kappa shape index (κ3) is 31.4. The molecule has 6 nitrogen and oxygen atoms in total. The SMILES string of the molecule is CCCCCCC(CSCCCCCC(CCCCCSCC(CCCCCC)OC(=O)CCC1CCCCC1)N(C)CCSCCO)OC(=O)CCC1CCCCC1. The fourth-order valence-electron chi connectivity index (χ4n) is 9.13. The van der Waals surface area contributed by atoms with Gasteiger partial charge in [0, 0.05) is 48.4 Å². The van der Waals surface area contributed by atoms with Crippen molar-refractivity contribution in [2.45, 2.75) is 238 Å². The van der Waals surface area contributed by atoms with E-state index in [2.05, 4.69) is 25.8 Å². The first kappa shape index (κ1) is 55.0. The van der Waals surface area contributed by atoms with E-state index >= 15 is 0 Å². The van der Waals surface area contributed by atoms with Gasteiger partial charge in [0.2, 0.25) is 0 Å². The molecule has 2 fully saturated rings. The van der Waals surface area contributed by atoms with Crippen LogP contribution in [0.2, 0.25) is 0 Å². The van der Waals surface area contributed by atoms with Gasteiger partial charge >= 0.3 is 11.9 Å². The minimum atomic E-state index is 0.0415. The molecule has 2 unspecified atom stereocenters. The third-order valence-electron chi connectivity index (χ3n) is 13.0. The molecule has 0 amide bonds. The number of aliphatic hydroxyl groups excluding tert-OH is 1. The summed E-state index contributed by atoms with van der Waals surface area (Å²) in [7, 11) is 2.31. The van der Waals surface area contributed by atoms with Gasteiger partial charge in [-0.2, -0.15) is 35.3 Å². The van der Waals surface area contributed by atoms with Crippen LogP contribution >= 0.6 is 35.3 Å². The summed E-state index contributed by atoms with van der Waals surface area (Å²) < 4.78 is 12.2. The highest BCUT2D eigenvalue weighted by Gasteiger charge is 2.21. The Labute approximate surface area is 378 Å². The van der Waals surface area contributed by atoms with Gasteiger partial charge in [-0.25, -0.2) is 0 Å². The van der Waals surface area contributed by atoms with Crippen molar-refractivity contribution in [3.05, 3.63) is 0 Å². The van der Waals surface area contributed by atoms with E-state index in [1.165, 1.54) is 154 Å². The molecule has 0 saturated heterocycles. The van der Waals surface area contributed by atoms with Gasteiger partial charge in [0.25, 0.3) is 0 Å². The number of hydrogen-bond acceptors (Lipinski definition) is 9. The van der Waals surface area contributed by atoms with E-state index < -0.39 is 0 Å². The molecule has 59 heavy (non-hydrogen) atoms. The molecule has 0 heterocycles. The summed E-state index contributed by atoms with van der Waals surface area (Å²) in [6, 6.07) is 0.617. The number of hydrogen-bond donors (Lipinski definition) is 1. The monoisotopic (exact) mass is 886 g/mol. The zero-order valence-electron chi connectivity index (χ0n) is 38.9. The van der Waals surface area contributed by atoms with Crippen LogP contribution in [0.4, 0.5) is 0 Å². The Kier molecular flexibility index (Phi) is 36.8. The molecule has 0 bridgehead atoms. The lowest BCUT2D eigenvalue weighted by Gasteiger charge is -2.28. The summed E-state index contributed by atoms with van der Waals surface area (Å²) in [5.41, 5.74) is 0. The second-order valence-electron chi connectivity index (χ2n) is 18.3. The van der Waals surface area contributed by atoms with Crippen molar-refractivity contribution in [2.75, 3.05) is 54.7 Å². The molecule has 0 aromatic heterocycles. The van der Waals surface area contributed by atoms with Gasteiger partial charge in [-0.1, -0.05) is 142 Å². The number of ether oxygens (including phenoxy) is 2. The minimum absolute atomic E-state index is 0.0415. The Hall–Kier alpha value is -0.0900. The number of thioether (sulfide) groups is 3. The van der Waals surface area contributed by atoms with Crippen LogP contribution in [0, 0.1) is 11.8 Å². The molecular formula is C50H95NO5S3. The Morgan fingerprint density at radius 3 is 1.44 bits per heavy atom. The van der Waals surface area contributed by atoms with E-state index in [9.17, 15) is 14.7 Å². The molecule has 2 saturated carbocycles. The molecule has 2 aliphatic carbocycles. The van der Waals surface area contributed by atoms with Crippen molar-refractivity contribution in [1.29, 1.82) is 0 Å². The number of nitrogens with zero attached hydrogens (tertiary/aromatic N) is 1. The van der Waals surface area contributed by atoms with Crippen LogP contribution in [0.1, 0.15) is 219 Å². The molecule has 2 aliphatic rings. The van der Waals surface area contributed by atoms with Crippen LogP contribution < -0.4 is 0 Å². The molecule has 9 heteroatoms. The zero-order chi connectivity index (χ0) is 42.4. The fourth-order valence-corrected chi connectivity index (χ4v) is 12.0. The van der Waals surface area contributed by atoms with Crippen molar-refractivity contribution in [1.82, 2.24) is 4.90 Å². The normalized spacial score (nSPS) is 17.0. The molecule has 348 valence electrons. The summed E-state index contributed by atoms with van der Waals surface area (Å²) in [4.78, 5) is 28.2. The molecule has 0 spiro atoms. The predicted molar refractivity (Wildman–Crippen MR) is 261 cm³/mol. The first-order valence-corrected chi connectivity index (χ1v) is 28.8. The maximum atomic E-state index is 12.8. The summed E-state index contributed by atoms with van der Waals surface area (Å²) in [5.74, 6) is 7.65. The number of carbonyl (C=O) groups is 2. The van der Waals surface area contributed by atoms with Crippen LogP contribution in [0.5, 0.6) is 0 Å². The molecule has 0 radical (unpaired) electrons. The Bertz CT molecular complexity index is 897. The van der Waals surface area contributed by atoms with Gasteiger partial charge in [0.15, 0.2) is 0 Å². The lowest BCUT2D eigenvalue weighted by molar-refractivity contribution is -0.149. The number of esters is 2. The first-order chi connectivity index (χ1) is 28.9. The summed E-state index contributed by atoms with van der Waals surface area (Å²) >= 11 is 5.85. The van der Waals surface area contributed by atoms with Crippen molar-refractivity contribution in [3.8, 4) is 0 Å². The largest absolute Gasteiger partial charge is 0.461 e. The average Bonchev–Trinajstić information content (AvgIpc) is 3.25. The number of carbonyl (C=O) groups excluding carboxylic acids is 2. The van der Waals surface area contributed by atoms with Gasteiger partial charge in [-0.3, -0.25) is 9.59 Å². The van der Waals surface area contributed by atoms with E-state index in [-0.39, 0.29) is 30.8 Å². The molecule has 0 aromatic rings. The first-order valence-electron chi connectivity index (χ1n) is 25.4. The average molecular weight is 887 g/mol. The predicted octanol–water partition coefficient (Wildman–Crippen LogP) is 14.1. The second kappa shape index (κ2) is 39.5. The zero-order valence-corrected chi connectivity index (χ0v) is 41.4. The molecular weight excluding hydrogens is 791 g/mol. The van der Waals surface area contributed by atoms with Gasteiger partial charge in [0.1, 0.15) is 12.2 Å². The Morgan fingerprint density at radius 2 is 1.00 bits per heavy atom. The van der Waals surface area contributed by atoms with Crippen LogP contribution in [0.15, 0.2) is 0 Å². The topological polar surface area (TPSA) is 76.1 Å². The fraction of sp³-hybridized carbons (Fsp3) is 0.960. The summed E-state index contributed by atoms with van der Waals surface area (Å²) in [6.07, 6.45) is 38.5. The van der Waals surface area contributed by atoms with Crippen LogP contribution in [-0.4, -0.2) is 94.9 Å². The molecule has 0 aliphatic heterocycles. The van der Waals surface area contributed by atoms with E-state index in [0.717, 1.165) is 91.4 Å². The maximum Gasteiger partial charge on any atom is 0.306 e. The second-order valence-corrected chi connectivity index (χ2v) is 21.9. The van der Waals surface area contributed by atoms with Crippen molar-refractivity contribution in [2.24, 2.45) is 11.8 Å². The molecule has 0 aromatic carbocycles. The van der Waals surface area contributed by atoms with Gasteiger partial charge in [-0.05, 0) is 94.6 Å². The standard InChI is InChI=1S/C50H95NO5S3/c1-4-6-8-20-30-47(55-49(53)34-32-44-24-14-10-15-25-44)42-58-38-22-12-18-28-46(51(3)36-40-57-41-37-52)29-19-13-23-39-59-43-48(31-21-9-7-5-2)56-50(54)35-33-45-26-16-11-17-27-45/h44-48,52H,4-43H2,1-3H3. The molecule has 2 atom stereocenters. The highest BCUT2D eigenvalue weighted by Crippen LogP contribution is 2.29. The van der Waals surface area contributed by atoms with Crippen molar-refractivity contribution >= 4 is 47.2 Å². The van der Waals surface area contributed by atoms with Crippen molar-refractivity contribution in [3.63, 3.8) is 0 Å². The van der Waals surface area contributed by atoms with E-state index in [0.29, 0.717) is 18.9 Å². The van der Waals surface area contributed by atoms with E-state index in [1.54, 1.807) is 0 Å². The highest BCUT2D eigenvalue weighted by atomic mass is 32.2. The van der Waals surface area contributed by atoms with Crippen LogP contribution in [0.3, 0.4) is 0 Å². The molecule has 2 rings (SSSR count). The quantitative estimate of drug-likeness (QED) is 0.0478. The van der Waals surface area contributed by atoms with Gasteiger partial charge < -0.3 is 19.5 Å². The minimum Gasteiger partial charge on any atom is -0.461 e. The lowest BCUT2D eigenvalue weighted by Crippen LogP contribution is -2.33. The third-order valence-corrected chi connectivity index (χ3v) is 16.3. The highest BCUT2D eigenvalue weighted by molar-refractivity contribution is 7.99. The lowest BCUT2D eigenvalue weighted by atomic mass is 9.86. The van der Waals surface area contributed by atoms with Crippen molar-refractivity contribution < 1.29 is 24.2 Å². The number of aliphatic hydroxyl groups is 1. The van der Waals surface area contributed by atoms with Gasteiger partial charge in [-0.15, -0.1) is 0 Å². The Balaban J connectivity index is 1.69. The van der Waals surface area contributed by atoms with E-state index in [4.69, 9.17) is 9.47 Å². The summed E-state index contributed by atoms with van der Waals surface area (Å²) in [6.45, 7) is 5.86. The molecule has 1 N–H and O–H groups in total.